The molecule has 0 radical (unpaired) electrons. The van der Waals surface area contributed by atoms with Gasteiger partial charge in [-0.25, -0.2) is 0 Å². The molecule has 2 aliphatic carbocycles. The van der Waals surface area contributed by atoms with E-state index in [9.17, 15) is 0 Å². The summed E-state index contributed by atoms with van der Waals surface area (Å²) in [4.78, 5) is 4.88. The molecule has 1 nitrogen and oxygen atoms in total. The van der Waals surface area contributed by atoms with E-state index in [4.69, 9.17) is 4.98 Å². The summed E-state index contributed by atoms with van der Waals surface area (Å²) in [5.41, 5.74) is 12.1. The number of nitrogens with zero attached hydrogens (tertiary/aromatic N) is 1. The Hall–Kier alpha value is -4.23. The average molecular weight is 486 g/mol. The summed E-state index contributed by atoms with van der Waals surface area (Å²) in [6.45, 7) is 9.59. The van der Waals surface area contributed by atoms with Crippen molar-refractivity contribution in [2.24, 2.45) is 0 Å². The van der Waals surface area contributed by atoms with Crippen molar-refractivity contribution in [2.45, 2.75) is 38.5 Å². The molecule has 1 heteroatoms. The zero-order chi connectivity index (χ0) is 25.6. The fourth-order valence-electron chi connectivity index (χ4n) is 7.96. The Bertz CT molecular complexity index is 2160. The van der Waals surface area contributed by atoms with E-state index in [1.807, 2.05) is 0 Å². The number of hydrogen-bond donors (Lipinski definition) is 0. The van der Waals surface area contributed by atoms with Crippen LogP contribution in [0.4, 0.5) is 0 Å². The Morgan fingerprint density at radius 3 is 2.08 bits per heavy atom. The molecular formula is C37H27N. The van der Waals surface area contributed by atoms with E-state index in [2.05, 4.69) is 119 Å². The second-order valence-corrected chi connectivity index (χ2v) is 12.4. The Labute approximate surface area is 222 Å². The summed E-state index contributed by atoms with van der Waals surface area (Å²) >= 11 is 0. The van der Waals surface area contributed by atoms with Gasteiger partial charge in [0.1, 0.15) is 0 Å². The number of aromatic nitrogens is 1. The molecule has 9 rings (SSSR count). The molecule has 7 aromatic rings. The molecule has 0 unspecified atom stereocenters. The maximum absolute atomic E-state index is 4.88. The van der Waals surface area contributed by atoms with Gasteiger partial charge in [0.05, 0.1) is 5.52 Å². The quantitative estimate of drug-likeness (QED) is 0.195. The van der Waals surface area contributed by atoms with Gasteiger partial charge in [-0.05, 0) is 95.5 Å². The van der Waals surface area contributed by atoms with E-state index < -0.39 is 0 Å². The van der Waals surface area contributed by atoms with E-state index in [1.165, 1.54) is 82.2 Å². The summed E-state index contributed by atoms with van der Waals surface area (Å²) < 4.78 is 0. The summed E-state index contributed by atoms with van der Waals surface area (Å²) in [7, 11) is 0. The first kappa shape index (κ1) is 20.8. The molecule has 0 N–H and O–H groups in total. The van der Waals surface area contributed by atoms with Gasteiger partial charge in [-0.15, -0.1) is 0 Å². The molecule has 0 saturated carbocycles. The molecular weight excluding hydrogens is 458 g/mol. The fourth-order valence-corrected chi connectivity index (χ4v) is 7.96. The molecule has 0 spiro atoms. The van der Waals surface area contributed by atoms with Crippen LogP contribution in [0.5, 0.6) is 0 Å². The van der Waals surface area contributed by atoms with Crippen LogP contribution in [-0.2, 0) is 10.8 Å². The normalized spacial score (nSPS) is 16.3. The Morgan fingerprint density at radius 1 is 0.526 bits per heavy atom. The number of hydrogen-bond acceptors (Lipinski definition) is 1. The molecule has 0 bridgehead atoms. The third kappa shape index (κ3) is 2.24. The van der Waals surface area contributed by atoms with Gasteiger partial charge in [0.15, 0.2) is 0 Å². The highest BCUT2D eigenvalue weighted by molar-refractivity contribution is 6.26. The minimum absolute atomic E-state index is 0.0820. The second-order valence-electron chi connectivity index (χ2n) is 12.4. The van der Waals surface area contributed by atoms with Gasteiger partial charge >= 0.3 is 0 Å². The largest absolute Gasteiger partial charge is 0.256 e. The summed E-state index contributed by atoms with van der Waals surface area (Å²) in [6.07, 6.45) is 2.11. The van der Waals surface area contributed by atoms with Crippen LogP contribution >= 0.6 is 0 Å². The van der Waals surface area contributed by atoms with Crippen LogP contribution in [0.3, 0.4) is 0 Å². The van der Waals surface area contributed by atoms with Crippen molar-refractivity contribution in [3.63, 3.8) is 0 Å². The predicted molar refractivity (Wildman–Crippen MR) is 161 cm³/mol. The molecule has 0 saturated heterocycles. The van der Waals surface area contributed by atoms with Crippen LogP contribution in [0.1, 0.15) is 49.9 Å². The molecule has 0 aliphatic heterocycles. The lowest BCUT2D eigenvalue weighted by atomic mass is 9.78. The van der Waals surface area contributed by atoms with Crippen LogP contribution in [0.2, 0.25) is 0 Å². The first-order valence-corrected chi connectivity index (χ1v) is 13.6. The van der Waals surface area contributed by atoms with Crippen molar-refractivity contribution in [3.05, 3.63) is 113 Å². The van der Waals surface area contributed by atoms with E-state index in [0.717, 1.165) is 5.52 Å². The smallest absolute Gasteiger partial charge is 0.0705 e. The Balaban J connectivity index is 1.41. The van der Waals surface area contributed by atoms with Gasteiger partial charge in [0.25, 0.3) is 0 Å². The Kier molecular flexibility index (Phi) is 3.51. The molecule has 2 aliphatic rings. The van der Waals surface area contributed by atoms with Crippen molar-refractivity contribution in [1.82, 2.24) is 4.98 Å². The number of pyridine rings is 1. The first-order chi connectivity index (χ1) is 18.4. The number of benzene rings is 6. The van der Waals surface area contributed by atoms with Crippen LogP contribution in [0, 0.1) is 0 Å². The second kappa shape index (κ2) is 6.42. The third-order valence-electron chi connectivity index (χ3n) is 9.79. The number of fused-ring (bicyclic) bond motifs is 9. The fraction of sp³-hybridized carbons (Fsp3) is 0.162. The summed E-state index contributed by atoms with van der Waals surface area (Å²) in [6, 6.07) is 32.1. The monoisotopic (exact) mass is 485 g/mol. The predicted octanol–water partition coefficient (Wildman–Crippen LogP) is 9.74. The minimum atomic E-state index is -0.0983. The van der Waals surface area contributed by atoms with Gasteiger partial charge < -0.3 is 0 Å². The summed E-state index contributed by atoms with van der Waals surface area (Å²) in [5.74, 6) is 0. The van der Waals surface area contributed by atoms with Gasteiger partial charge in [-0.1, -0.05) is 88.4 Å². The van der Waals surface area contributed by atoms with Crippen molar-refractivity contribution in [2.75, 3.05) is 0 Å². The molecule has 0 atom stereocenters. The highest BCUT2D eigenvalue weighted by atomic mass is 14.7. The molecule has 1 heterocycles. The van der Waals surface area contributed by atoms with Crippen LogP contribution in [-0.4, -0.2) is 4.98 Å². The number of para-hydroxylation sites is 1. The lowest BCUT2D eigenvalue weighted by Gasteiger charge is -2.25. The van der Waals surface area contributed by atoms with E-state index >= 15 is 0 Å². The van der Waals surface area contributed by atoms with Gasteiger partial charge in [-0.3, -0.25) is 4.98 Å². The minimum Gasteiger partial charge on any atom is -0.256 e. The highest BCUT2D eigenvalue weighted by Gasteiger charge is 2.43. The Morgan fingerprint density at radius 2 is 1.24 bits per heavy atom. The van der Waals surface area contributed by atoms with Gasteiger partial charge in [0, 0.05) is 28.0 Å². The van der Waals surface area contributed by atoms with E-state index in [1.54, 1.807) is 0 Å². The molecule has 6 aromatic carbocycles. The van der Waals surface area contributed by atoms with E-state index in [0.29, 0.717) is 0 Å². The van der Waals surface area contributed by atoms with Crippen molar-refractivity contribution < 1.29 is 0 Å². The zero-order valence-electron chi connectivity index (χ0n) is 22.1. The molecule has 180 valence electrons. The SMILES string of the molecule is CC1(C)c2cc3c(cc2-c2c1cc1ccc4cccc5ccc2c1c45)C(C)(C)c1c-3cnc2ccccc12. The lowest BCUT2D eigenvalue weighted by Crippen LogP contribution is -2.17. The average Bonchev–Trinajstić information content (AvgIpc) is 3.30. The maximum Gasteiger partial charge on any atom is 0.0705 e. The molecule has 0 fully saturated rings. The van der Waals surface area contributed by atoms with Crippen molar-refractivity contribution in [3.8, 4) is 22.3 Å². The van der Waals surface area contributed by atoms with Gasteiger partial charge in [-0.2, -0.15) is 0 Å². The van der Waals surface area contributed by atoms with Crippen LogP contribution in [0.25, 0.3) is 65.5 Å². The topological polar surface area (TPSA) is 12.9 Å². The van der Waals surface area contributed by atoms with Crippen molar-refractivity contribution >= 4 is 43.2 Å². The molecule has 1 aromatic heterocycles. The standard InChI is InChI=1S/C37H27N/c1-36(2)29-17-25-27-19-38-31-11-6-5-10-23(31)35(27)37(3,4)28(25)18-26(29)34-24-15-14-21-9-7-8-20-12-13-22(16-30(34)36)33(24)32(20)21/h5-19H,1-4H3. The maximum atomic E-state index is 4.88. The van der Waals surface area contributed by atoms with Crippen LogP contribution < -0.4 is 0 Å². The van der Waals surface area contributed by atoms with Gasteiger partial charge in [0.2, 0.25) is 0 Å². The molecule has 0 amide bonds. The molecule has 38 heavy (non-hydrogen) atoms. The zero-order valence-corrected chi connectivity index (χ0v) is 22.1. The number of rotatable bonds is 0. The van der Waals surface area contributed by atoms with Crippen molar-refractivity contribution in [1.29, 1.82) is 0 Å². The lowest BCUT2D eigenvalue weighted by molar-refractivity contribution is 0.655. The highest BCUT2D eigenvalue weighted by Crippen LogP contribution is 2.58. The van der Waals surface area contributed by atoms with Crippen LogP contribution in [0.15, 0.2) is 91.1 Å². The summed E-state index contributed by atoms with van der Waals surface area (Å²) in [5, 5.41) is 9.44. The third-order valence-corrected chi connectivity index (χ3v) is 9.79. The van der Waals surface area contributed by atoms with E-state index in [-0.39, 0.29) is 10.8 Å². The first-order valence-electron chi connectivity index (χ1n) is 13.6.